The minimum absolute atomic E-state index is 0.0142. The lowest BCUT2D eigenvalue weighted by Gasteiger charge is -2.41. The van der Waals surface area contributed by atoms with Crippen LogP contribution in [0.3, 0.4) is 0 Å². The van der Waals surface area contributed by atoms with E-state index in [2.05, 4.69) is 13.8 Å². The molecule has 1 saturated carbocycles. The second kappa shape index (κ2) is 3.59. The van der Waals surface area contributed by atoms with Gasteiger partial charge in [0.15, 0.2) is 0 Å². The molecule has 98 valence electrons. The number of carboxylic acid groups (broad SMARTS) is 1. The second-order valence-electron chi connectivity index (χ2n) is 6.53. The molecular formula is C14H18O4. The molecule has 4 atom stereocenters. The lowest BCUT2D eigenvalue weighted by Crippen LogP contribution is -2.41. The highest BCUT2D eigenvalue weighted by Gasteiger charge is 2.56. The van der Waals surface area contributed by atoms with Crippen LogP contribution in [0.5, 0.6) is 0 Å². The van der Waals surface area contributed by atoms with Crippen LogP contribution in [-0.4, -0.2) is 23.1 Å². The summed E-state index contributed by atoms with van der Waals surface area (Å²) in [6.45, 7) is 4.35. The molecule has 1 aliphatic heterocycles. The molecule has 3 aliphatic rings. The summed E-state index contributed by atoms with van der Waals surface area (Å²) >= 11 is 0. The molecule has 0 amide bonds. The molecule has 0 spiro atoms. The average Bonchev–Trinajstić information content (AvgIpc) is 2.55. The first-order chi connectivity index (χ1) is 8.39. The fourth-order valence-electron chi connectivity index (χ4n) is 3.91. The predicted molar refractivity (Wildman–Crippen MR) is 63.7 cm³/mol. The molecule has 2 fully saturated rings. The normalized spacial score (nSPS) is 40.8. The van der Waals surface area contributed by atoms with E-state index in [1.165, 1.54) is 5.57 Å². The van der Waals surface area contributed by atoms with Crippen molar-refractivity contribution in [3.05, 3.63) is 11.6 Å². The number of allylic oxidation sites excluding steroid dienone is 1. The van der Waals surface area contributed by atoms with Gasteiger partial charge in [-0.2, -0.15) is 0 Å². The third-order valence-electron chi connectivity index (χ3n) is 4.58. The first-order valence-corrected chi connectivity index (χ1v) is 6.51. The van der Waals surface area contributed by atoms with Crippen LogP contribution in [0.2, 0.25) is 0 Å². The van der Waals surface area contributed by atoms with Crippen molar-refractivity contribution in [2.45, 2.75) is 39.2 Å². The Morgan fingerprint density at radius 3 is 2.83 bits per heavy atom. The van der Waals surface area contributed by atoms with E-state index in [1.807, 2.05) is 6.08 Å². The van der Waals surface area contributed by atoms with Crippen LogP contribution >= 0.6 is 0 Å². The molecule has 0 aromatic heterocycles. The number of ether oxygens (including phenoxy) is 1. The third-order valence-corrected chi connectivity index (χ3v) is 4.58. The van der Waals surface area contributed by atoms with Gasteiger partial charge >= 0.3 is 11.9 Å². The van der Waals surface area contributed by atoms with Crippen molar-refractivity contribution in [1.82, 2.24) is 0 Å². The van der Waals surface area contributed by atoms with E-state index in [9.17, 15) is 14.7 Å². The van der Waals surface area contributed by atoms with E-state index in [4.69, 9.17) is 4.74 Å². The number of hydrogen-bond acceptors (Lipinski definition) is 3. The molecule has 1 saturated heterocycles. The van der Waals surface area contributed by atoms with E-state index in [0.29, 0.717) is 6.42 Å². The van der Waals surface area contributed by atoms with Crippen LogP contribution in [-0.2, 0) is 14.3 Å². The number of carbonyl (C=O) groups is 2. The molecule has 0 aromatic rings. The predicted octanol–water partition coefficient (Wildman–Crippen LogP) is 2.00. The Labute approximate surface area is 106 Å². The molecule has 1 N–H and O–H groups in total. The van der Waals surface area contributed by atoms with Gasteiger partial charge < -0.3 is 9.84 Å². The van der Waals surface area contributed by atoms with Crippen molar-refractivity contribution in [3.63, 3.8) is 0 Å². The number of rotatable bonds is 1. The van der Waals surface area contributed by atoms with Gasteiger partial charge in [0.1, 0.15) is 6.10 Å². The standard InChI is InChI=1S/C14H18O4/c1-14(2)5-7-3-4-8(12(15)16)11-10(7)9(6-14)18-13(11)17/h3,8-11H,4-6H2,1-2H3,(H,15,16)/t8-,9+,10-,11-/m1/s1. The fourth-order valence-corrected chi connectivity index (χ4v) is 3.91. The number of carbonyl (C=O) groups excluding carboxylic acids is 1. The van der Waals surface area contributed by atoms with Crippen molar-refractivity contribution in [3.8, 4) is 0 Å². The molecule has 4 nitrogen and oxygen atoms in total. The van der Waals surface area contributed by atoms with Crippen molar-refractivity contribution < 1.29 is 19.4 Å². The van der Waals surface area contributed by atoms with Crippen molar-refractivity contribution in [2.75, 3.05) is 0 Å². The van der Waals surface area contributed by atoms with Crippen LogP contribution in [0.1, 0.15) is 33.1 Å². The van der Waals surface area contributed by atoms with Crippen LogP contribution in [0.4, 0.5) is 0 Å². The van der Waals surface area contributed by atoms with E-state index in [-0.39, 0.29) is 23.4 Å². The van der Waals surface area contributed by atoms with Gasteiger partial charge in [-0.15, -0.1) is 0 Å². The molecule has 0 bridgehead atoms. The zero-order chi connectivity index (χ0) is 13.1. The molecule has 2 aliphatic carbocycles. The highest BCUT2D eigenvalue weighted by molar-refractivity contribution is 5.84. The molecular weight excluding hydrogens is 232 g/mol. The minimum Gasteiger partial charge on any atom is -0.481 e. The largest absolute Gasteiger partial charge is 0.481 e. The molecule has 0 unspecified atom stereocenters. The quantitative estimate of drug-likeness (QED) is 0.571. The van der Waals surface area contributed by atoms with Gasteiger partial charge in [0.25, 0.3) is 0 Å². The summed E-state index contributed by atoms with van der Waals surface area (Å²) in [5.41, 5.74) is 1.38. The first kappa shape index (κ1) is 11.8. The van der Waals surface area contributed by atoms with E-state index in [1.54, 1.807) is 0 Å². The lowest BCUT2D eigenvalue weighted by molar-refractivity contribution is -0.153. The Bertz CT molecular complexity index is 449. The van der Waals surface area contributed by atoms with Gasteiger partial charge in [-0.05, 0) is 24.7 Å². The van der Waals surface area contributed by atoms with Crippen molar-refractivity contribution in [1.29, 1.82) is 0 Å². The Morgan fingerprint density at radius 1 is 1.44 bits per heavy atom. The average molecular weight is 250 g/mol. The van der Waals surface area contributed by atoms with Gasteiger partial charge in [0, 0.05) is 5.92 Å². The van der Waals surface area contributed by atoms with Crippen molar-refractivity contribution >= 4 is 11.9 Å². The van der Waals surface area contributed by atoms with Crippen LogP contribution in [0.25, 0.3) is 0 Å². The summed E-state index contributed by atoms with van der Waals surface area (Å²) in [4.78, 5) is 23.2. The van der Waals surface area contributed by atoms with E-state index < -0.39 is 17.8 Å². The maximum Gasteiger partial charge on any atom is 0.310 e. The summed E-state index contributed by atoms with van der Waals surface area (Å²) in [6.07, 6.45) is 4.18. The molecule has 4 heteroatoms. The third kappa shape index (κ3) is 1.58. The molecule has 3 rings (SSSR count). The molecule has 0 radical (unpaired) electrons. The van der Waals surface area contributed by atoms with Gasteiger partial charge in [-0.25, -0.2) is 0 Å². The Balaban J connectivity index is 2.00. The van der Waals surface area contributed by atoms with Crippen LogP contribution in [0, 0.1) is 23.2 Å². The zero-order valence-corrected chi connectivity index (χ0v) is 10.7. The smallest absolute Gasteiger partial charge is 0.310 e. The summed E-state index contributed by atoms with van der Waals surface area (Å²) in [5.74, 6) is -2.22. The number of esters is 1. The Kier molecular flexibility index (Phi) is 2.34. The molecule has 1 heterocycles. The monoisotopic (exact) mass is 250 g/mol. The summed E-state index contributed by atoms with van der Waals surface area (Å²) in [6, 6.07) is 0. The summed E-state index contributed by atoms with van der Waals surface area (Å²) in [7, 11) is 0. The van der Waals surface area contributed by atoms with Crippen LogP contribution < -0.4 is 0 Å². The Hall–Kier alpha value is -1.32. The van der Waals surface area contributed by atoms with Crippen LogP contribution in [0.15, 0.2) is 11.6 Å². The van der Waals surface area contributed by atoms with E-state index >= 15 is 0 Å². The Morgan fingerprint density at radius 2 is 2.17 bits per heavy atom. The number of hydrogen-bond donors (Lipinski definition) is 1. The van der Waals surface area contributed by atoms with E-state index in [0.717, 1.165) is 12.8 Å². The summed E-state index contributed by atoms with van der Waals surface area (Å²) < 4.78 is 5.45. The maximum atomic E-state index is 12.0. The minimum atomic E-state index is -0.877. The molecule has 0 aromatic carbocycles. The fraction of sp³-hybridized carbons (Fsp3) is 0.714. The molecule has 18 heavy (non-hydrogen) atoms. The highest BCUT2D eigenvalue weighted by Crippen LogP contribution is 2.53. The topological polar surface area (TPSA) is 63.6 Å². The maximum absolute atomic E-state index is 12.0. The van der Waals surface area contributed by atoms with Gasteiger partial charge in [-0.1, -0.05) is 25.5 Å². The summed E-state index contributed by atoms with van der Waals surface area (Å²) in [5, 5.41) is 9.23. The lowest BCUT2D eigenvalue weighted by atomic mass is 9.61. The van der Waals surface area contributed by atoms with Gasteiger partial charge in [0.2, 0.25) is 0 Å². The zero-order valence-electron chi connectivity index (χ0n) is 10.7. The SMILES string of the molecule is CC1(C)CC2=CC[C@@H](C(=O)O)[C@H]3C(=O)O[C@@H](C1)[C@@H]23. The second-order valence-corrected chi connectivity index (χ2v) is 6.53. The van der Waals surface area contributed by atoms with Crippen molar-refractivity contribution in [2.24, 2.45) is 23.2 Å². The number of aliphatic carboxylic acids is 1. The van der Waals surface area contributed by atoms with Gasteiger partial charge in [-0.3, -0.25) is 9.59 Å². The first-order valence-electron chi connectivity index (χ1n) is 6.51. The number of carboxylic acids is 1. The van der Waals surface area contributed by atoms with Gasteiger partial charge in [0.05, 0.1) is 11.8 Å². The highest BCUT2D eigenvalue weighted by atomic mass is 16.6.